The lowest BCUT2D eigenvalue weighted by Crippen LogP contribution is -2.58. The van der Waals surface area contributed by atoms with Crippen molar-refractivity contribution in [3.63, 3.8) is 0 Å². The molecule has 0 bridgehead atoms. The van der Waals surface area contributed by atoms with Crippen molar-refractivity contribution < 1.29 is 0 Å². The second-order valence-electron chi connectivity index (χ2n) is 9.66. The summed E-state index contributed by atoms with van der Waals surface area (Å²) in [6, 6.07) is 0.741. The molecule has 124 valence electrons. The van der Waals surface area contributed by atoms with Crippen molar-refractivity contribution >= 4 is 0 Å². The average Bonchev–Trinajstić information content (AvgIpc) is 2.84. The Kier molecular flexibility index (Phi) is 3.53. The van der Waals surface area contributed by atoms with Crippen LogP contribution in [-0.4, -0.2) is 12.6 Å². The van der Waals surface area contributed by atoms with E-state index in [2.05, 4.69) is 45.2 Å². The van der Waals surface area contributed by atoms with Gasteiger partial charge in [-0.05, 0) is 73.5 Å². The van der Waals surface area contributed by atoms with Crippen LogP contribution in [0.4, 0.5) is 0 Å². The Bertz CT molecular complexity index is 467. The molecule has 22 heavy (non-hydrogen) atoms. The second-order valence-corrected chi connectivity index (χ2v) is 9.66. The lowest BCUT2D eigenvalue weighted by atomic mass is 9.47. The van der Waals surface area contributed by atoms with Gasteiger partial charge in [-0.25, -0.2) is 0 Å². The summed E-state index contributed by atoms with van der Waals surface area (Å²) < 4.78 is 0. The van der Waals surface area contributed by atoms with Gasteiger partial charge in [0, 0.05) is 18.0 Å². The number of fused-ring (bicyclic) bond motifs is 5. The number of hydrogen-bond donors (Lipinski definition) is 1. The standard InChI is InChI=1S/C21H35N/c1-14(2)16-7-8-17-15-6-9-19-21(4,11-5-13-22-19)18(15)10-12-20(16,17)3/h5,11,14-19,22H,6-10,12-13H2,1-4H3. The van der Waals surface area contributed by atoms with Crippen LogP contribution in [0.5, 0.6) is 0 Å². The molecule has 0 spiro atoms. The summed E-state index contributed by atoms with van der Waals surface area (Å²) in [7, 11) is 0. The van der Waals surface area contributed by atoms with Gasteiger partial charge < -0.3 is 5.32 Å². The summed E-state index contributed by atoms with van der Waals surface area (Å²) in [5, 5.41) is 3.80. The molecule has 4 rings (SSSR count). The van der Waals surface area contributed by atoms with E-state index < -0.39 is 0 Å². The molecule has 0 amide bonds. The highest BCUT2D eigenvalue weighted by Crippen LogP contribution is 2.65. The maximum atomic E-state index is 3.80. The molecule has 3 saturated carbocycles. The molecule has 0 aromatic rings. The van der Waals surface area contributed by atoms with E-state index in [1.54, 1.807) is 0 Å². The molecule has 1 heterocycles. The molecule has 4 aliphatic rings. The van der Waals surface area contributed by atoms with Crippen LogP contribution in [0.2, 0.25) is 0 Å². The Labute approximate surface area is 137 Å². The molecule has 1 N–H and O–H groups in total. The van der Waals surface area contributed by atoms with E-state index in [1.165, 1.54) is 38.5 Å². The largest absolute Gasteiger partial charge is 0.310 e. The average molecular weight is 302 g/mol. The lowest BCUT2D eigenvalue weighted by molar-refractivity contribution is -0.0709. The molecule has 0 radical (unpaired) electrons. The molecule has 1 nitrogen and oxygen atoms in total. The van der Waals surface area contributed by atoms with Gasteiger partial charge in [-0.15, -0.1) is 0 Å². The molecular formula is C21H35N. The van der Waals surface area contributed by atoms with E-state index in [0.29, 0.717) is 10.8 Å². The molecule has 1 aliphatic heterocycles. The highest BCUT2D eigenvalue weighted by Gasteiger charge is 2.59. The molecule has 0 saturated heterocycles. The Balaban J connectivity index is 1.65. The zero-order chi connectivity index (χ0) is 15.5. The van der Waals surface area contributed by atoms with Crippen molar-refractivity contribution in [1.29, 1.82) is 0 Å². The molecule has 3 fully saturated rings. The van der Waals surface area contributed by atoms with Gasteiger partial charge in [-0.1, -0.05) is 39.8 Å². The van der Waals surface area contributed by atoms with Crippen LogP contribution >= 0.6 is 0 Å². The summed E-state index contributed by atoms with van der Waals surface area (Å²) in [5.41, 5.74) is 1.07. The Morgan fingerprint density at radius 3 is 2.59 bits per heavy atom. The minimum atomic E-state index is 0.429. The SMILES string of the molecule is CC(C)C1CCC2C3CCC4NCC=CC4(C)C3CCC12C. The number of rotatable bonds is 1. The van der Waals surface area contributed by atoms with Gasteiger partial charge in [0.15, 0.2) is 0 Å². The first-order valence-electron chi connectivity index (χ1n) is 9.88. The monoisotopic (exact) mass is 301 g/mol. The van der Waals surface area contributed by atoms with E-state index in [4.69, 9.17) is 0 Å². The normalized spacial score (nSPS) is 54.0. The zero-order valence-electron chi connectivity index (χ0n) is 15.1. The van der Waals surface area contributed by atoms with Crippen LogP contribution in [0.25, 0.3) is 0 Å². The van der Waals surface area contributed by atoms with Crippen molar-refractivity contribution in [2.24, 2.45) is 40.4 Å². The first kappa shape index (κ1) is 15.2. The second kappa shape index (κ2) is 5.10. The highest BCUT2D eigenvalue weighted by molar-refractivity contribution is 5.18. The van der Waals surface area contributed by atoms with Gasteiger partial charge in [0.05, 0.1) is 0 Å². The highest BCUT2D eigenvalue weighted by atomic mass is 14.9. The van der Waals surface area contributed by atoms with Gasteiger partial charge >= 0.3 is 0 Å². The first-order valence-corrected chi connectivity index (χ1v) is 9.88. The minimum absolute atomic E-state index is 0.429. The Morgan fingerprint density at radius 2 is 1.82 bits per heavy atom. The fourth-order valence-corrected chi connectivity index (χ4v) is 7.61. The van der Waals surface area contributed by atoms with Gasteiger partial charge in [-0.3, -0.25) is 0 Å². The lowest BCUT2D eigenvalue weighted by Gasteiger charge is -2.59. The zero-order valence-corrected chi connectivity index (χ0v) is 15.1. The van der Waals surface area contributed by atoms with Crippen molar-refractivity contribution in [3.8, 4) is 0 Å². The van der Waals surface area contributed by atoms with Crippen LogP contribution in [0.3, 0.4) is 0 Å². The maximum absolute atomic E-state index is 3.80. The van der Waals surface area contributed by atoms with Crippen molar-refractivity contribution in [1.82, 2.24) is 5.32 Å². The summed E-state index contributed by atoms with van der Waals surface area (Å²) in [6.45, 7) is 11.3. The smallest absolute Gasteiger partial charge is 0.0161 e. The number of hydrogen-bond acceptors (Lipinski definition) is 1. The van der Waals surface area contributed by atoms with Crippen LogP contribution in [-0.2, 0) is 0 Å². The third-order valence-corrected chi connectivity index (χ3v) is 8.61. The van der Waals surface area contributed by atoms with E-state index >= 15 is 0 Å². The molecule has 7 atom stereocenters. The summed E-state index contributed by atoms with van der Waals surface area (Å²) in [6.07, 6.45) is 13.9. The Hall–Kier alpha value is -0.300. The van der Waals surface area contributed by atoms with Crippen LogP contribution in [0.1, 0.15) is 66.2 Å². The van der Waals surface area contributed by atoms with E-state index in [1.807, 2.05) is 0 Å². The maximum Gasteiger partial charge on any atom is 0.0161 e. The van der Waals surface area contributed by atoms with Crippen molar-refractivity contribution in [3.05, 3.63) is 12.2 Å². The molecule has 3 aliphatic carbocycles. The third kappa shape index (κ3) is 1.93. The fraction of sp³-hybridized carbons (Fsp3) is 0.905. The topological polar surface area (TPSA) is 12.0 Å². The third-order valence-electron chi connectivity index (χ3n) is 8.61. The van der Waals surface area contributed by atoms with Gasteiger partial charge in [0.1, 0.15) is 0 Å². The summed E-state index contributed by atoms with van der Waals surface area (Å²) in [4.78, 5) is 0. The van der Waals surface area contributed by atoms with Gasteiger partial charge in [0.2, 0.25) is 0 Å². The van der Waals surface area contributed by atoms with Crippen molar-refractivity contribution in [2.75, 3.05) is 6.54 Å². The summed E-state index contributed by atoms with van der Waals surface area (Å²) in [5.74, 6) is 4.78. The predicted octanol–water partition coefficient (Wildman–Crippen LogP) is 5.03. The van der Waals surface area contributed by atoms with Crippen LogP contribution in [0, 0.1) is 40.4 Å². The van der Waals surface area contributed by atoms with Crippen molar-refractivity contribution in [2.45, 2.75) is 72.3 Å². The van der Waals surface area contributed by atoms with E-state index in [0.717, 1.165) is 42.2 Å². The van der Waals surface area contributed by atoms with E-state index in [-0.39, 0.29) is 0 Å². The molecule has 0 aromatic heterocycles. The fourth-order valence-electron chi connectivity index (χ4n) is 7.61. The van der Waals surface area contributed by atoms with E-state index in [9.17, 15) is 0 Å². The first-order chi connectivity index (χ1) is 10.5. The Morgan fingerprint density at radius 1 is 1.00 bits per heavy atom. The molecule has 1 heteroatoms. The van der Waals surface area contributed by atoms with Gasteiger partial charge in [-0.2, -0.15) is 0 Å². The molecule has 0 aromatic carbocycles. The number of nitrogens with one attached hydrogen (secondary N) is 1. The quantitative estimate of drug-likeness (QED) is 0.670. The summed E-state index contributed by atoms with van der Waals surface area (Å²) >= 11 is 0. The minimum Gasteiger partial charge on any atom is -0.310 e. The molecule has 7 unspecified atom stereocenters. The molecular weight excluding hydrogens is 266 g/mol. The van der Waals surface area contributed by atoms with Gasteiger partial charge in [0.25, 0.3) is 0 Å². The van der Waals surface area contributed by atoms with Crippen LogP contribution < -0.4 is 5.32 Å². The predicted molar refractivity (Wildman–Crippen MR) is 93.6 cm³/mol. The van der Waals surface area contributed by atoms with Crippen LogP contribution in [0.15, 0.2) is 12.2 Å².